The first-order valence-corrected chi connectivity index (χ1v) is 8.97. The van der Waals surface area contributed by atoms with Crippen molar-refractivity contribution in [3.05, 3.63) is 81.2 Å². The van der Waals surface area contributed by atoms with Gasteiger partial charge in [-0.05, 0) is 41.7 Å². The topological polar surface area (TPSA) is 46.8 Å². The molecule has 0 spiro atoms. The SMILES string of the molecule is Cc1cc2oc(=O)cc(C[NH2+]CCc3ccccc3)c2cc1C(C)C. The summed E-state index contributed by atoms with van der Waals surface area (Å²) < 4.78 is 5.42. The first-order chi connectivity index (χ1) is 12.0. The molecular formula is C22H26NO2+. The summed E-state index contributed by atoms with van der Waals surface area (Å²) in [6.45, 7) is 8.25. The van der Waals surface area contributed by atoms with Gasteiger partial charge in [-0.1, -0.05) is 44.2 Å². The highest BCUT2D eigenvalue weighted by atomic mass is 16.4. The highest BCUT2D eigenvalue weighted by Crippen LogP contribution is 2.26. The smallest absolute Gasteiger partial charge is 0.336 e. The highest BCUT2D eigenvalue weighted by Gasteiger charge is 2.12. The summed E-state index contributed by atoms with van der Waals surface area (Å²) in [4.78, 5) is 11.9. The van der Waals surface area contributed by atoms with Gasteiger partial charge in [0.1, 0.15) is 12.1 Å². The zero-order valence-corrected chi connectivity index (χ0v) is 15.2. The Balaban J connectivity index is 1.80. The lowest BCUT2D eigenvalue weighted by atomic mass is 9.95. The van der Waals surface area contributed by atoms with Crippen molar-refractivity contribution >= 4 is 11.0 Å². The molecule has 0 saturated carbocycles. The van der Waals surface area contributed by atoms with Crippen LogP contribution in [0.2, 0.25) is 0 Å². The van der Waals surface area contributed by atoms with Gasteiger partial charge in [0.05, 0.1) is 6.54 Å². The van der Waals surface area contributed by atoms with Crippen molar-refractivity contribution < 1.29 is 9.73 Å². The van der Waals surface area contributed by atoms with Crippen molar-refractivity contribution in [3.8, 4) is 0 Å². The lowest BCUT2D eigenvalue weighted by Gasteiger charge is -2.12. The normalized spacial score (nSPS) is 11.4. The summed E-state index contributed by atoms with van der Waals surface area (Å²) >= 11 is 0. The van der Waals surface area contributed by atoms with Crippen LogP contribution in [0.1, 0.15) is 42.0 Å². The average molecular weight is 336 g/mol. The molecule has 25 heavy (non-hydrogen) atoms. The van der Waals surface area contributed by atoms with E-state index in [1.807, 2.05) is 12.1 Å². The molecule has 0 fully saturated rings. The molecule has 0 bridgehead atoms. The highest BCUT2D eigenvalue weighted by molar-refractivity contribution is 5.82. The minimum atomic E-state index is -0.268. The van der Waals surface area contributed by atoms with Crippen LogP contribution in [0.4, 0.5) is 0 Å². The summed E-state index contributed by atoms with van der Waals surface area (Å²) in [7, 11) is 0. The van der Waals surface area contributed by atoms with E-state index in [1.54, 1.807) is 6.07 Å². The van der Waals surface area contributed by atoms with Crippen molar-refractivity contribution in [2.75, 3.05) is 6.54 Å². The molecule has 0 atom stereocenters. The van der Waals surface area contributed by atoms with Crippen LogP contribution in [-0.2, 0) is 13.0 Å². The van der Waals surface area contributed by atoms with E-state index in [1.165, 1.54) is 16.7 Å². The van der Waals surface area contributed by atoms with E-state index in [2.05, 4.69) is 56.4 Å². The van der Waals surface area contributed by atoms with E-state index in [9.17, 15) is 4.79 Å². The third-order valence-electron chi connectivity index (χ3n) is 4.68. The van der Waals surface area contributed by atoms with Crippen LogP contribution in [0.25, 0.3) is 11.0 Å². The standard InChI is InChI=1S/C22H25NO2/c1-15(2)19-13-20-18(12-22(24)25-21(20)11-16(19)3)14-23-10-9-17-7-5-4-6-8-17/h4-8,11-13,15,23H,9-10,14H2,1-3H3/p+1. The molecule has 3 heteroatoms. The van der Waals surface area contributed by atoms with Gasteiger partial charge in [0.15, 0.2) is 0 Å². The van der Waals surface area contributed by atoms with Gasteiger partial charge >= 0.3 is 5.63 Å². The summed E-state index contributed by atoms with van der Waals surface area (Å²) in [6, 6.07) is 16.3. The molecule has 3 rings (SSSR count). The van der Waals surface area contributed by atoms with Gasteiger partial charge in [0.2, 0.25) is 0 Å². The molecule has 0 aliphatic carbocycles. The number of benzene rings is 2. The lowest BCUT2D eigenvalue weighted by molar-refractivity contribution is -0.670. The van der Waals surface area contributed by atoms with E-state index in [4.69, 9.17) is 4.42 Å². The number of fused-ring (bicyclic) bond motifs is 1. The van der Waals surface area contributed by atoms with Crippen LogP contribution in [-0.4, -0.2) is 6.54 Å². The summed E-state index contributed by atoms with van der Waals surface area (Å²) in [5.41, 5.74) is 5.31. The van der Waals surface area contributed by atoms with Crippen molar-refractivity contribution in [2.45, 2.75) is 39.7 Å². The zero-order valence-electron chi connectivity index (χ0n) is 15.2. The maximum Gasteiger partial charge on any atom is 0.336 e. The molecule has 0 amide bonds. The molecule has 1 aromatic heterocycles. The monoisotopic (exact) mass is 336 g/mol. The number of hydrogen-bond acceptors (Lipinski definition) is 2. The molecule has 3 nitrogen and oxygen atoms in total. The molecule has 2 aromatic carbocycles. The summed E-state index contributed by atoms with van der Waals surface area (Å²) in [6.07, 6.45) is 1.02. The maximum atomic E-state index is 11.9. The van der Waals surface area contributed by atoms with Crippen LogP contribution in [0.3, 0.4) is 0 Å². The minimum absolute atomic E-state index is 0.268. The predicted octanol–water partition coefficient (Wildman–Crippen LogP) is 3.53. The van der Waals surface area contributed by atoms with Crippen molar-refractivity contribution in [2.24, 2.45) is 0 Å². The van der Waals surface area contributed by atoms with E-state index in [0.717, 1.165) is 30.5 Å². The molecule has 0 aliphatic rings. The molecule has 0 unspecified atom stereocenters. The van der Waals surface area contributed by atoms with Crippen LogP contribution >= 0.6 is 0 Å². The number of rotatable bonds is 6. The Morgan fingerprint density at radius 3 is 2.56 bits per heavy atom. The third-order valence-corrected chi connectivity index (χ3v) is 4.68. The fourth-order valence-corrected chi connectivity index (χ4v) is 3.35. The second-order valence-electron chi connectivity index (χ2n) is 6.97. The van der Waals surface area contributed by atoms with E-state index >= 15 is 0 Å². The van der Waals surface area contributed by atoms with Crippen molar-refractivity contribution in [1.82, 2.24) is 0 Å². The van der Waals surface area contributed by atoms with Crippen molar-refractivity contribution in [3.63, 3.8) is 0 Å². The van der Waals surface area contributed by atoms with Crippen LogP contribution in [0.15, 0.2) is 57.7 Å². The van der Waals surface area contributed by atoms with Gasteiger partial charge in [0.25, 0.3) is 0 Å². The number of nitrogens with two attached hydrogens (primary N) is 1. The molecule has 1 heterocycles. The molecule has 0 saturated heterocycles. The maximum absolute atomic E-state index is 11.9. The Kier molecular flexibility index (Phi) is 5.34. The first kappa shape index (κ1) is 17.4. The predicted molar refractivity (Wildman–Crippen MR) is 102 cm³/mol. The number of hydrogen-bond donors (Lipinski definition) is 1. The summed E-state index contributed by atoms with van der Waals surface area (Å²) in [5.74, 6) is 0.450. The van der Waals surface area contributed by atoms with Crippen LogP contribution in [0, 0.1) is 6.92 Å². The Morgan fingerprint density at radius 2 is 1.84 bits per heavy atom. The zero-order chi connectivity index (χ0) is 17.8. The van der Waals surface area contributed by atoms with E-state index in [-0.39, 0.29) is 5.63 Å². The van der Waals surface area contributed by atoms with Gasteiger partial charge in [0, 0.05) is 23.4 Å². The van der Waals surface area contributed by atoms with Gasteiger partial charge in [-0.3, -0.25) is 0 Å². The largest absolute Gasteiger partial charge is 0.423 e. The molecular weight excluding hydrogens is 310 g/mol. The molecule has 0 aliphatic heterocycles. The molecule has 3 aromatic rings. The third kappa shape index (κ3) is 4.18. The first-order valence-electron chi connectivity index (χ1n) is 8.97. The Bertz CT molecular complexity index is 910. The van der Waals surface area contributed by atoms with E-state index in [0.29, 0.717) is 11.5 Å². The molecule has 130 valence electrons. The fourth-order valence-electron chi connectivity index (χ4n) is 3.35. The summed E-state index contributed by atoms with van der Waals surface area (Å²) in [5, 5.41) is 3.32. The van der Waals surface area contributed by atoms with Gasteiger partial charge in [-0.15, -0.1) is 0 Å². The fraction of sp³-hybridized carbons (Fsp3) is 0.318. The van der Waals surface area contributed by atoms with Gasteiger partial charge in [-0.2, -0.15) is 0 Å². The van der Waals surface area contributed by atoms with Crippen molar-refractivity contribution in [1.29, 1.82) is 0 Å². The Labute approximate surface area is 148 Å². The lowest BCUT2D eigenvalue weighted by Crippen LogP contribution is -2.83. The number of quaternary nitrogens is 1. The van der Waals surface area contributed by atoms with Gasteiger partial charge < -0.3 is 9.73 Å². The second kappa shape index (κ2) is 7.66. The van der Waals surface area contributed by atoms with Crippen LogP contribution in [0.5, 0.6) is 0 Å². The number of aryl methyl sites for hydroxylation is 1. The van der Waals surface area contributed by atoms with E-state index < -0.39 is 0 Å². The molecule has 0 radical (unpaired) electrons. The second-order valence-corrected chi connectivity index (χ2v) is 6.97. The Morgan fingerprint density at radius 1 is 1.08 bits per heavy atom. The molecule has 2 N–H and O–H groups in total. The Hall–Kier alpha value is -2.39. The van der Waals surface area contributed by atoms with Gasteiger partial charge in [-0.25, -0.2) is 4.79 Å². The van der Waals surface area contributed by atoms with Crippen LogP contribution < -0.4 is 10.9 Å². The average Bonchev–Trinajstić information content (AvgIpc) is 2.58. The quantitative estimate of drug-likeness (QED) is 0.553. The minimum Gasteiger partial charge on any atom is -0.423 e.